The standard InChI is InChI=1S/C13H9BrClN3O3/c1-7-2-3-16-12(15)11(7)17-13(19)8-4-9(14)6-10(5-8)18(20)21/h2-6H,1H3,(H,17,19). The highest BCUT2D eigenvalue weighted by Crippen LogP contribution is 2.25. The number of nitro groups is 1. The van der Waals surface area contributed by atoms with Crippen molar-refractivity contribution >= 4 is 44.8 Å². The maximum Gasteiger partial charge on any atom is 0.271 e. The molecular weight excluding hydrogens is 362 g/mol. The molecule has 0 atom stereocenters. The van der Waals surface area contributed by atoms with Crippen LogP contribution in [-0.2, 0) is 0 Å². The Labute approximate surface area is 133 Å². The Kier molecular flexibility index (Phi) is 4.54. The molecule has 1 amide bonds. The molecule has 1 heterocycles. The lowest BCUT2D eigenvalue weighted by atomic mass is 10.1. The average Bonchev–Trinajstić information content (AvgIpc) is 2.42. The van der Waals surface area contributed by atoms with Gasteiger partial charge in [0.2, 0.25) is 0 Å². The van der Waals surface area contributed by atoms with Crippen molar-refractivity contribution in [2.45, 2.75) is 6.92 Å². The monoisotopic (exact) mass is 369 g/mol. The van der Waals surface area contributed by atoms with Crippen LogP contribution in [0.4, 0.5) is 11.4 Å². The van der Waals surface area contributed by atoms with Gasteiger partial charge >= 0.3 is 0 Å². The van der Waals surface area contributed by atoms with Crippen molar-refractivity contribution in [3.8, 4) is 0 Å². The minimum Gasteiger partial charge on any atom is -0.319 e. The number of aryl methyl sites for hydroxylation is 1. The minimum atomic E-state index is -0.566. The molecule has 0 radical (unpaired) electrons. The predicted molar refractivity (Wildman–Crippen MR) is 82.7 cm³/mol. The number of amides is 1. The third kappa shape index (κ3) is 3.56. The number of carbonyl (C=O) groups is 1. The molecule has 0 unspecified atom stereocenters. The smallest absolute Gasteiger partial charge is 0.271 e. The Hall–Kier alpha value is -1.99. The van der Waals surface area contributed by atoms with E-state index in [0.717, 1.165) is 5.56 Å². The van der Waals surface area contributed by atoms with E-state index in [1.807, 2.05) is 0 Å². The van der Waals surface area contributed by atoms with Gasteiger partial charge in [-0.3, -0.25) is 14.9 Å². The molecular formula is C13H9BrClN3O3. The zero-order valence-electron chi connectivity index (χ0n) is 10.8. The first kappa shape index (κ1) is 15.4. The molecule has 1 N–H and O–H groups in total. The predicted octanol–water partition coefficient (Wildman–Crippen LogP) is 3.97. The number of benzene rings is 1. The second kappa shape index (κ2) is 6.19. The summed E-state index contributed by atoms with van der Waals surface area (Å²) in [6.45, 7) is 1.77. The number of nitro benzene ring substituents is 1. The largest absolute Gasteiger partial charge is 0.319 e. The molecule has 2 rings (SSSR count). The lowest BCUT2D eigenvalue weighted by Crippen LogP contribution is -2.14. The Balaban J connectivity index is 2.35. The summed E-state index contributed by atoms with van der Waals surface area (Å²) < 4.78 is 0.441. The van der Waals surface area contributed by atoms with Crippen LogP contribution in [-0.4, -0.2) is 15.8 Å². The van der Waals surface area contributed by atoms with E-state index in [2.05, 4.69) is 26.2 Å². The van der Waals surface area contributed by atoms with E-state index < -0.39 is 10.8 Å². The molecule has 1 aromatic carbocycles. The molecule has 0 saturated heterocycles. The molecule has 0 aliphatic rings. The average molecular weight is 371 g/mol. The van der Waals surface area contributed by atoms with Gasteiger partial charge in [0.05, 0.1) is 10.6 Å². The van der Waals surface area contributed by atoms with Crippen LogP contribution in [0.1, 0.15) is 15.9 Å². The molecule has 21 heavy (non-hydrogen) atoms. The van der Waals surface area contributed by atoms with Gasteiger partial charge in [-0.25, -0.2) is 4.98 Å². The number of rotatable bonds is 3. The van der Waals surface area contributed by atoms with Crippen LogP contribution in [0, 0.1) is 17.0 Å². The maximum absolute atomic E-state index is 12.2. The Morgan fingerprint density at radius 2 is 2.14 bits per heavy atom. The molecule has 0 aliphatic carbocycles. The third-order valence-electron chi connectivity index (χ3n) is 2.71. The van der Waals surface area contributed by atoms with Crippen LogP contribution >= 0.6 is 27.5 Å². The second-order valence-corrected chi connectivity index (χ2v) is 5.48. The second-order valence-electron chi connectivity index (χ2n) is 4.20. The summed E-state index contributed by atoms with van der Waals surface area (Å²) in [5, 5.41) is 13.6. The lowest BCUT2D eigenvalue weighted by Gasteiger charge is -2.09. The van der Waals surface area contributed by atoms with Gasteiger partial charge in [-0.05, 0) is 24.6 Å². The molecule has 0 saturated carbocycles. The van der Waals surface area contributed by atoms with Crippen LogP contribution in [0.25, 0.3) is 0 Å². The fraction of sp³-hybridized carbons (Fsp3) is 0.0769. The summed E-state index contributed by atoms with van der Waals surface area (Å²) in [5.41, 5.74) is 1.10. The van der Waals surface area contributed by atoms with Gasteiger partial charge in [-0.15, -0.1) is 0 Å². The maximum atomic E-state index is 12.2. The molecule has 0 fully saturated rings. The van der Waals surface area contributed by atoms with E-state index in [1.54, 1.807) is 13.0 Å². The SMILES string of the molecule is Cc1ccnc(Cl)c1NC(=O)c1cc(Br)cc([N+](=O)[O-])c1. The van der Waals surface area contributed by atoms with Gasteiger partial charge in [-0.2, -0.15) is 0 Å². The van der Waals surface area contributed by atoms with E-state index in [-0.39, 0.29) is 16.4 Å². The van der Waals surface area contributed by atoms with Crippen molar-refractivity contribution in [3.63, 3.8) is 0 Å². The highest BCUT2D eigenvalue weighted by Gasteiger charge is 2.16. The van der Waals surface area contributed by atoms with E-state index in [1.165, 1.54) is 24.4 Å². The zero-order chi connectivity index (χ0) is 15.6. The number of hydrogen-bond donors (Lipinski definition) is 1. The number of pyridine rings is 1. The highest BCUT2D eigenvalue weighted by molar-refractivity contribution is 9.10. The summed E-state index contributed by atoms with van der Waals surface area (Å²) in [6.07, 6.45) is 1.53. The van der Waals surface area contributed by atoms with Gasteiger partial charge < -0.3 is 5.32 Å². The number of anilines is 1. The first-order valence-electron chi connectivity index (χ1n) is 5.76. The number of nitrogens with one attached hydrogen (secondary N) is 1. The summed E-state index contributed by atoms with van der Waals surface area (Å²) in [4.78, 5) is 26.3. The van der Waals surface area contributed by atoms with Crippen LogP contribution < -0.4 is 5.32 Å². The van der Waals surface area contributed by atoms with Crippen molar-refractivity contribution in [2.24, 2.45) is 0 Å². The minimum absolute atomic E-state index is 0.149. The number of halogens is 2. The normalized spacial score (nSPS) is 10.2. The topological polar surface area (TPSA) is 85.1 Å². The summed E-state index contributed by atoms with van der Waals surface area (Å²) in [7, 11) is 0. The van der Waals surface area contributed by atoms with Crippen molar-refractivity contribution in [2.75, 3.05) is 5.32 Å². The highest BCUT2D eigenvalue weighted by atomic mass is 79.9. The van der Waals surface area contributed by atoms with E-state index in [9.17, 15) is 14.9 Å². The zero-order valence-corrected chi connectivity index (χ0v) is 13.1. The summed E-state index contributed by atoms with van der Waals surface area (Å²) in [5.74, 6) is -0.502. The van der Waals surface area contributed by atoms with Crippen molar-refractivity contribution in [1.29, 1.82) is 0 Å². The van der Waals surface area contributed by atoms with Gasteiger partial charge in [0.1, 0.15) is 0 Å². The number of nitrogens with zero attached hydrogens (tertiary/aromatic N) is 2. The van der Waals surface area contributed by atoms with Gasteiger partial charge in [0, 0.05) is 28.4 Å². The van der Waals surface area contributed by atoms with E-state index in [4.69, 9.17) is 11.6 Å². The fourth-order valence-corrected chi connectivity index (χ4v) is 2.41. The van der Waals surface area contributed by atoms with Crippen LogP contribution in [0.5, 0.6) is 0 Å². The molecule has 6 nitrogen and oxygen atoms in total. The molecule has 1 aromatic heterocycles. The number of aromatic nitrogens is 1. The molecule has 108 valence electrons. The molecule has 0 bridgehead atoms. The van der Waals surface area contributed by atoms with Crippen LogP contribution in [0.15, 0.2) is 34.9 Å². The number of carbonyl (C=O) groups excluding carboxylic acids is 1. The van der Waals surface area contributed by atoms with E-state index in [0.29, 0.717) is 10.2 Å². The van der Waals surface area contributed by atoms with Gasteiger partial charge in [0.15, 0.2) is 5.15 Å². The van der Waals surface area contributed by atoms with Gasteiger partial charge in [0.25, 0.3) is 11.6 Å². The quantitative estimate of drug-likeness (QED) is 0.503. The van der Waals surface area contributed by atoms with Crippen LogP contribution in [0.3, 0.4) is 0 Å². The van der Waals surface area contributed by atoms with E-state index >= 15 is 0 Å². The molecule has 8 heteroatoms. The Morgan fingerprint density at radius 1 is 1.43 bits per heavy atom. The number of hydrogen-bond acceptors (Lipinski definition) is 4. The summed E-state index contributed by atoms with van der Waals surface area (Å²) >= 11 is 9.07. The van der Waals surface area contributed by atoms with Crippen molar-refractivity contribution in [1.82, 2.24) is 4.98 Å². The van der Waals surface area contributed by atoms with Crippen molar-refractivity contribution < 1.29 is 9.72 Å². The third-order valence-corrected chi connectivity index (χ3v) is 3.45. The molecule has 2 aromatic rings. The summed E-state index contributed by atoms with van der Waals surface area (Å²) in [6, 6.07) is 5.70. The Morgan fingerprint density at radius 3 is 2.76 bits per heavy atom. The fourth-order valence-electron chi connectivity index (χ4n) is 1.67. The first-order valence-corrected chi connectivity index (χ1v) is 6.93. The Bertz CT molecular complexity index is 716. The number of non-ortho nitro benzene ring substituents is 1. The molecule has 0 aliphatic heterocycles. The lowest BCUT2D eigenvalue weighted by molar-refractivity contribution is -0.384. The van der Waals surface area contributed by atoms with Crippen molar-refractivity contribution in [3.05, 3.63) is 61.3 Å². The first-order chi connectivity index (χ1) is 9.88. The van der Waals surface area contributed by atoms with Gasteiger partial charge in [-0.1, -0.05) is 27.5 Å². The van der Waals surface area contributed by atoms with Crippen LogP contribution in [0.2, 0.25) is 5.15 Å². The molecule has 0 spiro atoms.